The first-order chi connectivity index (χ1) is 17.0. The van der Waals surface area contributed by atoms with Crippen LogP contribution in [0.2, 0.25) is 5.02 Å². The van der Waals surface area contributed by atoms with Crippen LogP contribution in [0.4, 0.5) is 18.9 Å². The summed E-state index contributed by atoms with van der Waals surface area (Å²) in [6, 6.07) is 9.50. The SMILES string of the molecule is COc1ccc(S(=O)(=O)N2CCC(C(=O)N3CCN(c4cccc(C(F)(F)F)c4)CC3)CC2)cc1Cl. The minimum absolute atomic E-state index is 0.0387. The van der Waals surface area contributed by atoms with Crippen molar-refractivity contribution in [1.29, 1.82) is 0 Å². The molecular formula is C24H27ClF3N3O4S. The molecule has 196 valence electrons. The number of piperazine rings is 1. The molecule has 2 aliphatic rings. The van der Waals surface area contributed by atoms with Crippen molar-refractivity contribution in [3.8, 4) is 5.75 Å². The lowest BCUT2D eigenvalue weighted by Crippen LogP contribution is -2.52. The second-order valence-electron chi connectivity index (χ2n) is 8.84. The molecule has 0 saturated carbocycles. The van der Waals surface area contributed by atoms with Crippen molar-refractivity contribution >= 4 is 33.2 Å². The minimum atomic E-state index is -4.41. The zero-order chi connectivity index (χ0) is 26.1. The number of alkyl halides is 3. The maximum absolute atomic E-state index is 13.1. The first-order valence-electron chi connectivity index (χ1n) is 11.6. The van der Waals surface area contributed by atoms with Crippen molar-refractivity contribution < 1.29 is 31.1 Å². The van der Waals surface area contributed by atoms with E-state index >= 15 is 0 Å². The topological polar surface area (TPSA) is 70.2 Å². The molecule has 7 nitrogen and oxygen atoms in total. The lowest BCUT2D eigenvalue weighted by Gasteiger charge is -2.39. The molecular weight excluding hydrogens is 519 g/mol. The van der Waals surface area contributed by atoms with E-state index in [9.17, 15) is 26.4 Å². The Morgan fingerprint density at radius 2 is 1.67 bits per heavy atom. The summed E-state index contributed by atoms with van der Waals surface area (Å²) in [5, 5.41) is 0.202. The van der Waals surface area contributed by atoms with Gasteiger partial charge in [0, 0.05) is 50.9 Å². The van der Waals surface area contributed by atoms with E-state index in [1.807, 2.05) is 4.90 Å². The van der Waals surface area contributed by atoms with Crippen LogP contribution in [0.3, 0.4) is 0 Å². The van der Waals surface area contributed by atoms with Gasteiger partial charge in [0.2, 0.25) is 15.9 Å². The zero-order valence-corrected chi connectivity index (χ0v) is 21.2. The van der Waals surface area contributed by atoms with E-state index in [0.717, 1.165) is 12.1 Å². The van der Waals surface area contributed by atoms with Crippen molar-refractivity contribution in [1.82, 2.24) is 9.21 Å². The molecule has 1 amide bonds. The standard InChI is InChI=1S/C24H27ClF3N3O4S/c1-35-22-6-5-20(16-21(22)25)36(33,34)31-9-7-17(8-10-31)23(32)30-13-11-29(12-14-30)19-4-2-3-18(15-19)24(26,27)28/h2-6,15-17H,7-14H2,1H3. The highest BCUT2D eigenvalue weighted by atomic mass is 35.5. The van der Waals surface area contributed by atoms with Crippen LogP contribution in [-0.4, -0.2) is 69.9 Å². The molecule has 0 aliphatic carbocycles. The van der Waals surface area contributed by atoms with Gasteiger partial charge in [0.25, 0.3) is 0 Å². The maximum atomic E-state index is 13.1. The van der Waals surface area contributed by atoms with Gasteiger partial charge in [-0.15, -0.1) is 0 Å². The molecule has 2 aromatic carbocycles. The highest BCUT2D eigenvalue weighted by Gasteiger charge is 2.35. The monoisotopic (exact) mass is 545 g/mol. The summed E-state index contributed by atoms with van der Waals surface area (Å²) in [7, 11) is -2.31. The molecule has 0 aromatic heterocycles. The van der Waals surface area contributed by atoms with Crippen LogP contribution in [0.5, 0.6) is 5.75 Å². The molecule has 36 heavy (non-hydrogen) atoms. The van der Waals surface area contributed by atoms with E-state index in [1.54, 1.807) is 11.0 Å². The van der Waals surface area contributed by atoms with Crippen LogP contribution in [-0.2, 0) is 21.0 Å². The van der Waals surface area contributed by atoms with E-state index in [0.29, 0.717) is 50.5 Å². The van der Waals surface area contributed by atoms with Gasteiger partial charge in [-0.2, -0.15) is 17.5 Å². The van der Waals surface area contributed by atoms with Crippen molar-refractivity contribution in [3.63, 3.8) is 0 Å². The molecule has 2 heterocycles. The van der Waals surface area contributed by atoms with Gasteiger partial charge in [-0.3, -0.25) is 4.79 Å². The van der Waals surface area contributed by atoms with Gasteiger partial charge < -0.3 is 14.5 Å². The number of benzene rings is 2. The molecule has 2 aliphatic heterocycles. The van der Waals surface area contributed by atoms with Gasteiger partial charge in [-0.25, -0.2) is 8.42 Å². The molecule has 0 bridgehead atoms. The van der Waals surface area contributed by atoms with Crippen molar-refractivity contribution in [2.24, 2.45) is 5.92 Å². The molecule has 2 saturated heterocycles. The highest BCUT2D eigenvalue weighted by Crippen LogP contribution is 2.33. The lowest BCUT2D eigenvalue weighted by molar-refractivity contribution is -0.137. The Labute approximate surface area is 213 Å². The molecule has 0 N–H and O–H groups in total. The molecule has 2 aromatic rings. The molecule has 0 unspecified atom stereocenters. The number of carbonyl (C=O) groups is 1. The van der Waals surface area contributed by atoms with E-state index in [1.165, 1.54) is 35.7 Å². The number of hydrogen-bond acceptors (Lipinski definition) is 5. The minimum Gasteiger partial charge on any atom is -0.495 e. The predicted molar refractivity (Wildman–Crippen MR) is 130 cm³/mol. The number of nitrogens with zero attached hydrogens (tertiary/aromatic N) is 3. The summed E-state index contributed by atoms with van der Waals surface area (Å²) >= 11 is 6.09. The molecule has 0 radical (unpaired) electrons. The van der Waals surface area contributed by atoms with Crippen molar-refractivity contribution in [2.75, 3.05) is 51.3 Å². The number of methoxy groups -OCH3 is 1. The fourth-order valence-electron chi connectivity index (χ4n) is 4.62. The first kappa shape index (κ1) is 26.6. The Hall–Kier alpha value is -2.50. The summed E-state index contributed by atoms with van der Waals surface area (Å²) in [6.45, 7) is 2.09. The molecule has 12 heteroatoms. The Morgan fingerprint density at radius 3 is 2.25 bits per heavy atom. The van der Waals surface area contributed by atoms with E-state index in [2.05, 4.69) is 0 Å². The third-order valence-electron chi connectivity index (χ3n) is 6.69. The van der Waals surface area contributed by atoms with Gasteiger partial charge in [-0.1, -0.05) is 17.7 Å². The van der Waals surface area contributed by atoms with Crippen molar-refractivity contribution in [3.05, 3.63) is 53.1 Å². The maximum Gasteiger partial charge on any atom is 0.416 e. The second-order valence-corrected chi connectivity index (χ2v) is 11.2. The lowest BCUT2D eigenvalue weighted by atomic mass is 9.96. The Morgan fingerprint density at radius 1 is 1.00 bits per heavy atom. The van der Waals surface area contributed by atoms with Crippen LogP contribution < -0.4 is 9.64 Å². The first-order valence-corrected chi connectivity index (χ1v) is 13.4. The van der Waals surface area contributed by atoms with Crippen LogP contribution in [0.25, 0.3) is 0 Å². The second kappa shape index (κ2) is 10.5. The molecule has 0 atom stereocenters. The number of carbonyl (C=O) groups excluding carboxylic acids is 1. The van der Waals surface area contributed by atoms with Gasteiger partial charge in [0.15, 0.2) is 0 Å². The average molecular weight is 546 g/mol. The average Bonchev–Trinajstić information content (AvgIpc) is 2.88. The summed E-state index contributed by atoms with van der Waals surface area (Å²) in [5.74, 6) is 0.0484. The normalized spacial score (nSPS) is 18.4. The van der Waals surface area contributed by atoms with E-state index < -0.39 is 21.8 Å². The van der Waals surface area contributed by atoms with Crippen LogP contribution >= 0.6 is 11.6 Å². The van der Waals surface area contributed by atoms with Crippen molar-refractivity contribution in [2.45, 2.75) is 23.9 Å². The van der Waals surface area contributed by atoms with Gasteiger partial charge in [0.05, 0.1) is 22.6 Å². The quantitative estimate of drug-likeness (QED) is 0.565. The van der Waals surface area contributed by atoms with Gasteiger partial charge >= 0.3 is 6.18 Å². The molecule has 0 spiro atoms. The third-order valence-corrected chi connectivity index (χ3v) is 8.88. The number of piperidine rings is 1. The third kappa shape index (κ3) is 5.57. The highest BCUT2D eigenvalue weighted by molar-refractivity contribution is 7.89. The van der Waals surface area contributed by atoms with Crippen LogP contribution in [0.1, 0.15) is 18.4 Å². The number of hydrogen-bond donors (Lipinski definition) is 0. The fourth-order valence-corrected chi connectivity index (χ4v) is 6.44. The van der Waals surface area contributed by atoms with Crippen LogP contribution in [0.15, 0.2) is 47.4 Å². The zero-order valence-electron chi connectivity index (χ0n) is 19.7. The fraction of sp³-hybridized carbons (Fsp3) is 0.458. The summed E-state index contributed by atoms with van der Waals surface area (Å²) in [4.78, 5) is 16.7. The molecule has 4 rings (SSSR count). The van der Waals surface area contributed by atoms with Gasteiger partial charge in [-0.05, 0) is 49.2 Å². The molecule has 2 fully saturated rings. The number of sulfonamides is 1. The number of anilines is 1. The smallest absolute Gasteiger partial charge is 0.416 e. The Balaban J connectivity index is 1.32. The van der Waals surface area contributed by atoms with E-state index in [-0.39, 0.29) is 34.8 Å². The number of halogens is 4. The summed E-state index contributed by atoms with van der Waals surface area (Å²) in [6.07, 6.45) is -3.61. The number of amides is 1. The summed E-state index contributed by atoms with van der Waals surface area (Å²) < 4.78 is 71.6. The number of rotatable bonds is 5. The van der Waals surface area contributed by atoms with E-state index in [4.69, 9.17) is 16.3 Å². The summed E-state index contributed by atoms with van der Waals surface area (Å²) in [5.41, 5.74) is -0.216. The van der Waals surface area contributed by atoms with Gasteiger partial charge in [0.1, 0.15) is 5.75 Å². The number of ether oxygens (including phenoxy) is 1. The Bertz CT molecular complexity index is 1210. The largest absolute Gasteiger partial charge is 0.495 e. The Kier molecular flexibility index (Phi) is 7.72. The van der Waals surface area contributed by atoms with Crippen LogP contribution in [0, 0.1) is 5.92 Å². The predicted octanol–water partition coefficient (Wildman–Crippen LogP) is 4.12.